The van der Waals surface area contributed by atoms with E-state index in [9.17, 15) is 0 Å². The maximum absolute atomic E-state index is 4.88. The number of fused-ring (bicyclic) bond motifs is 1. The van der Waals surface area contributed by atoms with Gasteiger partial charge in [-0.1, -0.05) is 18.2 Å². The fraction of sp³-hybridized carbons (Fsp3) is 0.200. The summed E-state index contributed by atoms with van der Waals surface area (Å²) < 4.78 is 0. The van der Waals surface area contributed by atoms with E-state index in [2.05, 4.69) is 20.2 Å². The monoisotopic (exact) mass is 374 g/mol. The molecule has 4 aromatic rings. The van der Waals surface area contributed by atoms with Gasteiger partial charge in [0.05, 0.1) is 16.7 Å². The van der Waals surface area contributed by atoms with Crippen molar-refractivity contribution in [1.29, 1.82) is 0 Å². The fourth-order valence-electron chi connectivity index (χ4n) is 3.29. The molecule has 0 amide bonds. The van der Waals surface area contributed by atoms with Crippen LogP contribution in [0.2, 0.25) is 0 Å². The SMILES string of the molecule is c1ccc(-c2csc(Nc3nc4ccccc4nc3N3CCCC3)n2)nc1. The van der Waals surface area contributed by atoms with Gasteiger partial charge in [-0.3, -0.25) is 4.98 Å². The lowest BCUT2D eigenvalue weighted by atomic mass is 10.3. The molecule has 1 aliphatic rings. The Kier molecular flexibility index (Phi) is 4.14. The van der Waals surface area contributed by atoms with E-state index in [1.54, 1.807) is 17.5 Å². The maximum Gasteiger partial charge on any atom is 0.189 e. The van der Waals surface area contributed by atoms with Crippen molar-refractivity contribution in [3.05, 3.63) is 54.0 Å². The third-order valence-electron chi connectivity index (χ3n) is 4.61. The van der Waals surface area contributed by atoms with Crippen LogP contribution in [0, 0.1) is 0 Å². The van der Waals surface area contributed by atoms with Gasteiger partial charge in [0.15, 0.2) is 16.8 Å². The van der Waals surface area contributed by atoms with Crippen molar-refractivity contribution >= 4 is 39.1 Å². The van der Waals surface area contributed by atoms with Crippen molar-refractivity contribution in [2.75, 3.05) is 23.3 Å². The van der Waals surface area contributed by atoms with Gasteiger partial charge in [-0.2, -0.15) is 0 Å². The normalized spacial score (nSPS) is 14.0. The van der Waals surface area contributed by atoms with Gasteiger partial charge >= 0.3 is 0 Å². The number of nitrogens with zero attached hydrogens (tertiary/aromatic N) is 5. The minimum atomic E-state index is 0.762. The molecule has 0 saturated carbocycles. The summed E-state index contributed by atoms with van der Waals surface area (Å²) in [5.41, 5.74) is 3.52. The number of anilines is 3. The Morgan fingerprint density at radius 2 is 1.63 bits per heavy atom. The summed E-state index contributed by atoms with van der Waals surface area (Å²) in [4.78, 5) is 21.1. The Bertz CT molecular complexity index is 1070. The van der Waals surface area contributed by atoms with E-state index >= 15 is 0 Å². The second kappa shape index (κ2) is 6.92. The molecule has 0 spiro atoms. The van der Waals surface area contributed by atoms with Crippen molar-refractivity contribution in [3.63, 3.8) is 0 Å². The minimum absolute atomic E-state index is 0.762. The summed E-state index contributed by atoms with van der Waals surface area (Å²) in [6.45, 7) is 2.03. The zero-order valence-corrected chi connectivity index (χ0v) is 15.5. The van der Waals surface area contributed by atoms with E-state index in [0.29, 0.717) is 0 Å². The summed E-state index contributed by atoms with van der Waals surface area (Å²) in [7, 11) is 0. The molecule has 1 saturated heterocycles. The minimum Gasteiger partial charge on any atom is -0.354 e. The van der Waals surface area contributed by atoms with E-state index < -0.39 is 0 Å². The van der Waals surface area contributed by atoms with Gasteiger partial charge in [-0.05, 0) is 37.1 Å². The van der Waals surface area contributed by atoms with Crippen LogP contribution in [0.1, 0.15) is 12.8 Å². The number of hydrogen-bond donors (Lipinski definition) is 1. The standard InChI is InChI=1S/C20H18N6S/c1-2-9-16-15(8-1)22-18(19(23-16)26-11-5-6-12-26)25-20-24-17(13-27-20)14-7-3-4-10-21-14/h1-4,7-10,13H,5-6,11-12H2,(H,22,24,25). The topological polar surface area (TPSA) is 66.8 Å². The van der Waals surface area contributed by atoms with Crippen LogP contribution in [-0.4, -0.2) is 33.0 Å². The van der Waals surface area contributed by atoms with Gasteiger partial charge < -0.3 is 10.2 Å². The molecule has 0 radical (unpaired) electrons. The van der Waals surface area contributed by atoms with Gasteiger partial charge in [0, 0.05) is 24.7 Å². The average molecular weight is 374 g/mol. The highest BCUT2D eigenvalue weighted by Gasteiger charge is 2.20. The number of thiazole rings is 1. The van der Waals surface area contributed by atoms with Crippen LogP contribution in [0.15, 0.2) is 54.0 Å². The Morgan fingerprint density at radius 1 is 0.852 bits per heavy atom. The lowest BCUT2D eigenvalue weighted by Crippen LogP contribution is -2.21. The van der Waals surface area contributed by atoms with E-state index in [1.165, 1.54) is 12.8 Å². The molecule has 7 heteroatoms. The lowest BCUT2D eigenvalue weighted by molar-refractivity contribution is 0.939. The first-order chi connectivity index (χ1) is 13.4. The summed E-state index contributed by atoms with van der Waals surface area (Å²) >= 11 is 1.55. The first-order valence-corrected chi connectivity index (χ1v) is 9.90. The Labute approximate surface area is 161 Å². The zero-order valence-electron chi connectivity index (χ0n) is 14.7. The quantitative estimate of drug-likeness (QED) is 0.568. The van der Waals surface area contributed by atoms with Gasteiger partial charge in [0.1, 0.15) is 5.69 Å². The molecule has 27 heavy (non-hydrogen) atoms. The highest BCUT2D eigenvalue weighted by atomic mass is 32.1. The van der Waals surface area contributed by atoms with Crippen LogP contribution in [-0.2, 0) is 0 Å². The summed E-state index contributed by atoms with van der Waals surface area (Å²) in [5, 5.41) is 6.20. The van der Waals surface area contributed by atoms with E-state index in [1.807, 2.05) is 47.8 Å². The van der Waals surface area contributed by atoms with Crippen molar-refractivity contribution in [2.45, 2.75) is 12.8 Å². The summed E-state index contributed by atoms with van der Waals surface area (Å²) in [5.74, 6) is 1.67. The van der Waals surface area contributed by atoms with Crippen LogP contribution in [0.5, 0.6) is 0 Å². The molecule has 134 valence electrons. The molecule has 4 heterocycles. The summed E-state index contributed by atoms with van der Waals surface area (Å²) in [6.07, 6.45) is 4.16. The molecule has 5 rings (SSSR count). The predicted octanol–water partition coefficient (Wildman–Crippen LogP) is 4.49. The van der Waals surface area contributed by atoms with Crippen LogP contribution < -0.4 is 10.2 Å². The molecule has 6 nitrogen and oxygen atoms in total. The summed E-state index contributed by atoms with van der Waals surface area (Å²) in [6, 6.07) is 13.8. The lowest BCUT2D eigenvalue weighted by Gasteiger charge is -2.20. The second-order valence-corrected chi connectivity index (χ2v) is 7.31. The fourth-order valence-corrected chi connectivity index (χ4v) is 3.99. The molecule has 1 aliphatic heterocycles. The number of rotatable bonds is 4. The highest BCUT2D eigenvalue weighted by Crippen LogP contribution is 2.32. The maximum atomic E-state index is 4.88. The molecule has 1 N–H and O–H groups in total. The van der Waals surface area contributed by atoms with E-state index in [-0.39, 0.29) is 0 Å². The number of hydrogen-bond acceptors (Lipinski definition) is 7. The van der Waals surface area contributed by atoms with Gasteiger partial charge in [-0.15, -0.1) is 11.3 Å². The van der Waals surface area contributed by atoms with Crippen LogP contribution in [0.3, 0.4) is 0 Å². The Morgan fingerprint density at radius 3 is 2.41 bits per heavy atom. The van der Waals surface area contributed by atoms with Crippen LogP contribution in [0.25, 0.3) is 22.4 Å². The number of benzene rings is 1. The third kappa shape index (κ3) is 3.21. The first kappa shape index (κ1) is 16.1. The number of para-hydroxylation sites is 2. The Hall–Kier alpha value is -3.06. The molecule has 0 bridgehead atoms. The largest absolute Gasteiger partial charge is 0.354 e. The van der Waals surface area contributed by atoms with E-state index in [0.717, 1.165) is 52.3 Å². The molecule has 0 atom stereocenters. The van der Waals surface area contributed by atoms with E-state index in [4.69, 9.17) is 9.97 Å². The molecule has 0 aliphatic carbocycles. The predicted molar refractivity (Wildman–Crippen MR) is 110 cm³/mol. The van der Waals surface area contributed by atoms with Gasteiger partial charge in [0.25, 0.3) is 0 Å². The number of aromatic nitrogens is 4. The van der Waals surface area contributed by atoms with Crippen LogP contribution >= 0.6 is 11.3 Å². The van der Waals surface area contributed by atoms with Gasteiger partial charge in [0.2, 0.25) is 0 Å². The molecule has 1 fully saturated rings. The second-order valence-electron chi connectivity index (χ2n) is 6.46. The highest BCUT2D eigenvalue weighted by molar-refractivity contribution is 7.14. The molecule has 3 aromatic heterocycles. The molecular formula is C20H18N6S. The molecule has 1 aromatic carbocycles. The molecular weight excluding hydrogens is 356 g/mol. The Balaban J connectivity index is 1.52. The third-order valence-corrected chi connectivity index (χ3v) is 5.37. The number of pyridine rings is 1. The first-order valence-electron chi connectivity index (χ1n) is 9.02. The zero-order chi connectivity index (χ0) is 18.1. The van der Waals surface area contributed by atoms with Crippen molar-refractivity contribution in [1.82, 2.24) is 19.9 Å². The van der Waals surface area contributed by atoms with Crippen molar-refractivity contribution in [2.24, 2.45) is 0 Å². The van der Waals surface area contributed by atoms with Crippen LogP contribution in [0.4, 0.5) is 16.8 Å². The number of nitrogens with one attached hydrogen (secondary N) is 1. The van der Waals surface area contributed by atoms with Gasteiger partial charge in [-0.25, -0.2) is 15.0 Å². The average Bonchev–Trinajstić information content (AvgIpc) is 3.40. The smallest absolute Gasteiger partial charge is 0.189 e. The van der Waals surface area contributed by atoms with Crippen molar-refractivity contribution in [3.8, 4) is 11.4 Å². The van der Waals surface area contributed by atoms with Crippen molar-refractivity contribution < 1.29 is 0 Å². The molecule has 0 unspecified atom stereocenters.